The summed E-state index contributed by atoms with van der Waals surface area (Å²) < 4.78 is 7.54. The number of aromatic nitrogens is 3. The molecule has 0 aliphatic rings. The molecule has 1 heterocycles. The van der Waals surface area contributed by atoms with Gasteiger partial charge in [0.05, 0.1) is 6.54 Å². The lowest BCUT2D eigenvalue weighted by Crippen LogP contribution is -2.38. The second-order valence-electron chi connectivity index (χ2n) is 5.21. The molecule has 0 aromatic carbocycles. The van der Waals surface area contributed by atoms with Gasteiger partial charge in [0.15, 0.2) is 11.8 Å². The molecule has 0 bridgehead atoms. The third kappa shape index (κ3) is 7.08. The highest BCUT2D eigenvalue weighted by atomic mass is 16.5. The zero-order chi connectivity index (χ0) is 15.5. The average molecular weight is 296 g/mol. The highest BCUT2D eigenvalue weighted by Crippen LogP contribution is 1.94. The van der Waals surface area contributed by atoms with Crippen molar-refractivity contribution in [3.05, 3.63) is 12.2 Å². The molecule has 0 radical (unpaired) electrons. The summed E-state index contributed by atoms with van der Waals surface area (Å²) in [4.78, 5) is 4.19. The van der Waals surface area contributed by atoms with Gasteiger partial charge < -0.3 is 19.9 Å². The summed E-state index contributed by atoms with van der Waals surface area (Å²) in [6.45, 7) is 10.3. The van der Waals surface area contributed by atoms with Gasteiger partial charge in [-0.1, -0.05) is 13.8 Å². The van der Waals surface area contributed by atoms with Crippen molar-refractivity contribution < 1.29 is 4.74 Å². The van der Waals surface area contributed by atoms with E-state index in [0.717, 1.165) is 44.5 Å². The molecule has 0 amide bonds. The number of rotatable bonds is 9. The monoisotopic (exact) mass is 296 g/mol. The van der Waals surface area contributed by atoms with Crippen molar-refractivity contribution in [2.75, 3.05) is 26.8 Å². The molecule has 1 aromatic heterocycles. The second-order valence-corrected chi connectivity index (χ2v) is 5.21. The molecule has 0 spiro atoms. The fourth-order valence-corrected chi connectivity index (χ4v) is 1.76. The first-order valence-corrected chi connectivity index (χ1v) is 7.56. The molecule has 1 aromatic rings. The number of guanidine groups is 1. The number of nitrogens with one attached hydrogen (secondary N) is 2. The van der Waals surface area contributed by atoms with Crippen LogP contribution in [0.5, 0.6) is 0 Å². The molecule has 0 unspecified atom stereocenters. The van der Waals surface area contributed by atoms with E-state index in [9.17, 15) is 0 Å². The average Bonchev–Trinajstić information content (AvgIpc) is 2.92. The van der Waals surface area contributed by atoms with Crippen LogP contribution < -0.4 is 10.6 Å². The zero-order valence-corrected chi connectivity index (χ0v) is 13.6. The quantitative estimate of drug-likeness (QED) is 0.404. The van der Waals surface area contributed by atoms with Gasteiger partial charge >= 0.3 is 0 Å². The summed E-state index contributed by atoms with van der Waals surface area (Å²) in [5.74, 6) is 2.26. The topological polar surface area (TPSA) is 76.4 Å². The predicted molar refractivity (Wildman–Crippen MR) is 84.2 cm³/mol. The number of aliphatic imine (C=N–C) groups is 1. The van der Waals surface area contributed by atoms with Crippen LogP contribution in [0.4, 0.5) is 0 Å². The Balaban J connectivity index is 2.18. The smallest absolute Gasteiger partial charge is 0.191 e. The lowest BCUT2D eigenvalue weighted by molar-refractivity contribution is 0.108. The Bertz CT molecular complexity index is 415. The van der Waals surface area contributed by atoms with Crippen LogP contribution in [0.3, 0.4) is 0 Å². The SMILES string of the molecule is CCn1cnnc1CNC(=NC)NCCCOCC(C)C. The van der Waals surface area contributed by atoms with Crippen LogP contribution in [-0.4, -0.2) is 47.5 Å². The van der Waals surface area contributed by atoms with Crippen LogP contribution >= 0.6 is 0 Å². The molecule has 120 valence electrons. The summed E-state index contributed by atoms with van der Waals surface area (Å²) in [6, 6.07) is 0. The minimum absolute atomic E-state index is 0.586. The standard InChI is InChI=1S/C14H28N6O/c1-5-20-11-18-19-13(20)9-17-14(15-4)16-7-6-8-21-10-12(2)3/h11-12H,5-10H2,1-4H3,(H2,15,16,17). The molecule has 1 rings (SSSR count). The summed E-state index contributed by atoms with van der Waals surface area (Å²) in [6.07, 6.45) is 2.69. The Morgan fingerprint density at radius 3 is 2.90 bits per heavy atom. The van der Waals surface area contributed by atoms with Crippen molar-refractivity contribution in [2.45, 2.75) is 40.3 Å². The van der Waals surface area contributed by atoms with Crippen molar-refractivity contribution >= 4 is 5.96 Å². The number of aryl methyl sites for hydroxylation is 1. The maximum atomic E-state index is 5.54. The molecule has 0 aliphatic heterocycles. The highest BCUT2D eigenvalue weighted by molar-refractivity contribution is 5.79. The van der Waals surface area contributed by atoms with Crippen molar-refractivity contribution in [1.29, 1.82) is 0 Å². The molecule has 7 heteroatoms. The number of hydrogen-bond donors (Lipinski definition) is 2. The Morgan fingerprint density at radius 1 is 1.43 bits per heavy atom. The summed E-state index contributed by atoms with van der Waals surface area (Å²) in [5.41, 5.74) is 0. The van der Waals surface area contributed by atoms with Crippen molar-refractivity contribution in [2.24, 2.45) is 10.9 Å². The minimum atomic E-state index is 0.586. The van der Waals surface area contributed by atoms with Gasteiger partial charge in [-0.2, -0.15) is 0 Å². The van der Waals surface area contributed by atoms with Crippen LogP contribution in [0, 0.1) is 5.92 Å². The number of hydrogen-bond acceptors (Lipinski definition) is 4. The normalized spacial score (nSPS) is 12.0. The van der Waals surface area contributed by atoms with Crippen molar-refractivity contribution in [3.63, 3.8) is 0 Å². The van der Waals surface area contributed by atoms with Gasteiger partial charge in [-0.15, -0.1) is 10.2 Å². The maximum absolute atomic E-state index is 5.54. The molecule has 0 aliphatic carbocycles. The van der Waals surface area contributed by atoms with E-state index in [-0.39, 0.29) is 0 Å². The van der Waals surface area contributed by atoms with Crippen molar-refractivity contribution in [3.8, 4) is 0 Å². The molecule has 21 heavy (non-hydrogen) atoms. The van der Waals surface area contributed by atoms with Gasteiger partial charge in [-0.3, -0.25) is 4.99 Å². The summed E-state index contributed by atoms with van der Waals surface area (Å²) in [5, 5.41) is 14.5. The second kappa shape index (κ2) is 10.1. The number of ether oxygens (including phenoxy) is 1. The molecular formula is C14H28N6O. The van der Waals surface area contributed by atoms with E-state index in [1.807, 2.05) is 4.57 Å². The van der Waals surface area contributed by atoms with Gasteiger partial charge in [-0.25, -0.2) is 0 Å². The van der Waals surface area contributed by atoms with Gasteiger partial charge in [0.2, 0.25) is 0 Å². The van der Waals surface area contributed by atoms with Crippen LogP contribution in [0.2, 0.25) is 0 Å². The van der Waals surface area contributed by atoms with E-state index in [2.05, 4.69) is 46.6 Å². The Labute approximate surface area is 127 Å². The summed E-state index contributed by atoms with van der Waals surface area (Å²) >= 11 is 0. The highest BCUT2D eigenvalue weighted by Gasteiger charge is 2.03. The zero-order valence-electron chi connectivity index (χ0n) is 13.6. The van der Waals surface area contributed by atoms with E-state index in [4.69, 9.17) is 4.74 Å². The molecule has 0 saturated carbocycles. The first-order valence-electron chi connectivity index (χ1n) is 7.56. The lowest BCUT2D eigenvalue weighted by Gasteiger charge is -2.12. The first-order chi connectivity index (χ1) is 10.2. The van der Waals surface area contributed by atoms with Gasteiger partial charge in [-0.05, 0) is 19.3 Å². The van der Waals surface area contributed by atoms with E-state index in [1.54, 1.807) is 13.4 Å². The number of nitrogens with zero attached hydrogens (tertiary/aromatic N) is 4. The lowest BCUT2D eigenvalue weighted by atomic mass is 10.2. The van der Waals surface area contributed by atoms with E-state index < -0.39 is 0 Å². The Kier molecular flexibility index (Phi) is 8.42. The third-order valence-electron chi connectivity index (χ3n) is 2.88. The van der Waals surface area contributed by atoms with Crippen molar-refractivity contribution in [1.82, 2.24) is 25.4 Å². The molecule has 7 nitrogen and oxygen atoms in total. The maximum Gasteiger partial charge on any atom is 0.191 e. The van der Waals surface area contributed by atoms with E-state index >= 15 is 0 Å². The predicted octanol–water partition coefficient (Wildman–Crippen LogP) is 1.03. The molecule has 2 N–H and O–H groups in total. The Hall–Kier alpha value is -1.63. The fourth-order valence-electron chi connectivity index (χ4n) is 1.76. The van der Waals surface area contributed by atoms with E-state index in [1.165, 1.54) is 0 Å². The molecule has 0 saturated heterocycles. The van der Waals surface area contributed by atoms with Crippen LogP contribution in [0.1, 0.15) is 33.0 Å². The first kappa shape index (κ1) is 17.4. The van der Waals surface area contributed by atoms with E-state index in [0.29, 0.717) is 12.5 Å². The fraction of sp³-hybridized carbons (Fsp3) is 0.786. The largest absolute Gasteiger partial charge is 0.381 e. The van der Waals surface area contributed by atoms with Crippen LogP contribution in [0.25, 0.3) is 0 Å². The Morgan fingerprint density at radius 2 is 2.24 bits per heavy atom. The van der Waals surface area contributed by atoms with Crippen LogP contribution in [0.15, 0.2) is 11.3 Å². The van der Waals surface area contributed by atoms with Gasteiger partial charge in [0.1, 0.15) is 6.33 Å². The molecule has 0 atom stereocenters. The van der Waals surface area contributed by atoms with Crippen LogP contribution in [-0.2, 0) is 17.8 Å². The minimum Gasteiger partial charge on any atom is -0.381 e. The third-order valence-corrected chi connectivity index (χ3v) is 2.88. The summed E-state index contributed by atoms with van der Waals surface area (Å²) in [7, 11) is 1.76. The van der Waals surface area contributed by atoms with Gasteiger partial charge in [0, 0.05) is 33.4 Å². The molecule has 0 fully saturated rings. The van der Waals surface area contributed by atoms with Gasteiger partial charge in [0.25, 0.3) is 0 Å². The molecular weight excluding hydrogens is 268 g/mol.